The van der Waals surface area contributed by atoms with Gasteiger partial charge >= 0.3 is 0 Å². The summed E-state index contributed by atoms with van der Waals surface area (Å²) in [7, 11) is 2.07. The first-order valence-electron chi connectivity index (χ1n) is 6.33. The number of nitrogens with one attached hydrogen (secondary N) is 1. The number of nitrogens with zero attached hydrogens (tertiary/aromatic N) is 1. The molecule has 0 radical (unpaired) electrons. The average molecular weight is 238 g/mol. The van der Waals surface area contributed by atoms with Gasteiger partial charge in [-0.15, -0.1) is 11.3 Å². The summed E-state index contributed by atoms with van der Waals surface area (Å²) in [6.07, 6.45) is 5.21. The lowest BCUT2D eigenvalue weighted by Crippen LogP contribution is -2.29. The summed E-state index contributed by atoms with van der Waals surface area (Å²) < 4.78 is 0. The van der Waals surface area contributed by atoms with Gasteiger partial charge < -0.3 is 5.32 Å². The third-order valence-corrected chi connectivity index (χ3v) is 4.64. The van der Waals surface area contributed by atoms with Crippen LogP contribution in [0, 0.1) is 0 Å². The molecule has 2 rings (SSSR count). The highest BCUT2D eigenvalue weighted by atomic mass is 32.1. The number of hydrogen-bond donors (Lipinski definition) is 1. The van der Waals surface area contributed by atoms with E-state index < -0.39 is 0 Å². The van der Waals surface area contributed by atoms with Crippen molar-refractivity contribution in [3.63, 3.8) is 0 Å². The highest BCUT2D eigenvalue weighted by molar-refractivity contribution is 7.09. The zero-order chi connectivity index (χ0) is 11.5. The van der Waals surface area contributed by atoms with Gasteiger partial charge in [0.15, 0.2) is 0 Å². The summed E-state index contributed by atoms with van der Waals surface area (Å²) in [6, 6.07) is 0.737. The van der Waals surface area contributed by atoms with Gasteiger partial charge in [-0.1, -0.05) is 13.8 Å². The van der Waals surface area contributed by atoms with Gasteiger partial charge in [-0.05, 0) is 38.6 Å². The van der Waals surface area contributed by atoms with Gasteiger partial charge in [0.2, 0.25) is 0 Å². The Hall–Kier alpha value is -0.410. The van der Waals surface area contributed by atoms with Gasteiger partial charge in [0, 0.05) is 17.3 Å². The smallest absolute Gasteiger partial charge is 0.0959 e. The molecule has 90 valence electrons. The zero-order valence-corrected chi connectivity index (χ0v) is 11.3. The Labute approximate surface area is 102 Å². The number of thiazole rings is 1. The molecular weight excluding hydrogens is 216 g/mol. The van der Waals surface area contributed by atoms with E-state index in [1.165, 1.54) is 36.4 Å². The van der Waals surface area contributed by atoms with Crippen molar-refractivity contribution in [2.45, 2.75) is 57.4 Å². The molecule has 0 bridgehead atoms. The topological polar surface area (TPSA) is 24.9 Å². The lowest BCUT2D eigenvalue weighted by molar-refractivity contribution is 0.358. The maximum Gasteiger partial charge on any atom is 0.0959 e. The van der Waals surface area contributed by atoms with Gasteiger partial charge in [0.25, 0.3) is 0 Å². The second-order valence-electron chi connectivity index (χ2n) is 5.10. The van der Waals surface area contributed by atoms with Crippen molar-refractivity contribution in [2.24, 2.45) is 0 Å². The molecule has 0 atom stereocenters. The van der Waals surface area contributed by atoms with Crippen LogP contribution < -0.4 is 5.32 Å². The van der Waals surface area contributed by atoms with Crippen LogP contribution in [0.15, 0.2) is 5.38 Å². The van der Waals surface area contributed by atoms with E-state index in [1.807, 2.05) is 11.3 Å². The first-order chi connectivity index (χ1) is 7.70. The Morgan fingerprint density at radius 1 is 1.31 bits per heavy atom. The van der Waals surface area contributed by atoms with Crippen LogP contribution in [-0.2, 0) is 0 Å². The number of hydrogen-bond acceptors (Lipinski definition) is 3. The summed E-state index contributed by atoms with van der Waals surface area (Å²) in [6.45, 7) is 4.44. The van der Waals surface area contributed by atoms with E-state index in [-0.39, 0.29) is 0 Å². The Morgan fingerprint density at radius 2 is 2.00 bits per heavy atom. The predicted molar refractivity (Wildman–Crippen MR) is 70.3 cm³/mol. The second kappa shape index (κ2) is 5.28. The van der Waals surface area contributed by atoms with Gasteiger partial charge in [0.05, 0.1) is 10.7 Å². The Balaban J connectivity index is 1.97. The van der Waals surface area contributed by atoms with Crippen LogP contribution in [0.2, 0.25) is 0 Å². The average Bonchev–Trinajstić information content (AvgIpc) is 2.78. The summed E-state index contributed by atoms with van der Waals surface area (Å²) in [4.78, 5) is 4.78. The van der Waals surface area contributed by atoms with Crippen molar-refractivity contribution in [1.82, 2.24) is 10.3 Å². The molecule has 0 spiro atoms. The van der Waals surface area contributed by atoms with Crippen LogP contribution in [0.3, 0.4) is 0 Å². The molecule has 1 fully saturated rings. The third kappa shape index (κ3) is 2.64. The molecule has 1 aliphatic rings. The molecular formula is C13H22N2S. The molecule has 3 heteroatoms. The van der Waals surface area contributed by atoms with Crippen LogP contribution in [-0.4, -0.2) is 18.1 Å². The standard InChI is InChI=1S/C13H22N2S/c1-9(2)12-8-16-13(15-12)10-4-6-11(14-3)7-5-10/h8-11,14H,4-7H2,1-3H3. The Kier molecular flexibility index (Phi) is 3.98. The van der Waals surface area contributed by atoms with E-state index in [0.717, 1.165) is 12.0 Å². The summed E-state index contributed by atoms with van der Waals surface area (Å²) in [5.41, 5.74) is 1.27. The Bertz CT molecular complexity index is 324. The fourth-order valence-electron chi connectivity index (χ4n) is 2.38. The van der Waals surface area contributed by atoms with E-state index in [9.17, 15) is 0 Å². The predicted octanol–water partition coefficient (Wildman–Crippen LogP) is 3.51. The van der Waals surface area contributed by atoms with Gasteiger partial charge in [-0.2, -0.15) is 0 Å². The highest BCUT2D eigenvalue weighted by Crippen LogP contribution is 2.35. The lowest BCUT2D eigenvalue weighted by atomic mass is 9.86. The van der Waals surface area contributed by atoms with Gasteiger partial charge in [-0.25, -0.2) is 4.98 Å². The molecule has 0 aromatic carbocycles. The molecule has 1 N–H and O–H groups in total. The first-order valence-corrected chi connectivity index (χ1v) is 7.21. The first kappa shape index (κ1) is 12.1. The van der Waals surface area contributed by atoms with Crippen LogP contribution >= 0.6 is 11.3 Å². The molecule has 1 aromatic rings. The fraction of sp³-hybridized carbons (Fsp3) is 0.769. The molecule has 2 nitrogen and oxygen atoms in total. The van der Waals surface area contributed by atoms with Crippen molar-refractivity contribution in [1.29, 1.82) is 0 Å². The van der Waals surface area contributed by atoms with Gasteiger partial charge in [0.1, 0.15) is 0 Å². The number of rotatable bonds is 3. The van der Waals surface area contributed by atoms with Crippen LogP contribution in [0.25, 0.3) is 0 Å². The van der Waals surface area contributed by atoms with Crippen molar-refractivity contribution in [3.8, 4) is 0 Å². The van der Waals surface area contributed by atoms with Gasteiger partial charge in [-0.3, -0.25) is 0 Å². The van der Waals surface area contributed by atoms with E-state index in [0.29, 0.717) is 5.92 Å². The minimum Gasteiger partial charge on any atom is -0.317 e. The molecule has 0 unspecified atom stereocenters. The summed E-state index contributed by atoms with van der Waals surface area (Å²) >= 11 is 1.86. The largest absolute Gasteiger partial charge is 0.317 e. The van der Waals surface area contributed by atoms with Crippen LogP contribution in [0.1, 0.15) is 62.1 Å². The minimum atomic E-state index is 0.568. The monoisotopic (exact) mass is 238 g/mol. The Morgan fingerprint density at radius 3 is 2.50 bits per heavy atom. The molecule has 0 saturated heterocycles. The van der Waals surface area contributed by atoms with E-state index in [2.05, 4.69) is 31.6 Å². The quantitative estimate of drug-likeness (QED) is 0.871. The molecule has 1 aliphatic carbocycles. The molecule has 0 aliphatic heterocycles. The molecule has 1 heterocycles. The zero-order valence-electron chi connectivity index (χ0n) is 10.5. The normalized spacial score (nSPS) is 26.2. The molecule has 1 aromatic heterocycles. The van der Waals surface area contributed by atoms with Crippen molar-refractivity contribution < 1.29 is 0 Å². The summed E-state index contributed by atoms with van der Waals surface area (Å²) in [5, 5.41) is 7.00. The fourth-order valence-corrected chi connectivity index (χ4v) is 3.54. The second-order valence-corrected chi connectivity index (χ2v) is 5.99. The SMILES string of the molecule is CNC1CCC(c2nc(C(C)C)cs2)CC1. The summed E-state index contributed by atoms with van der Waals surface area (Å²) in [5.74, 6) is 1.29. The van der Waals surface area contributed by atoms with Crippen molar-refractivity contribution in [3.05, 3.63) is 16.1 Å². The maximum absolute atomic E-state index is 4.78. The third-order valence-electron chi connectivity index (χ3n) is 3.62. The van der Waals surface area contributed by atoms with Crippen molar-refractivity contribution >= 4 is 11.3 Å². The van der Waals surface area contributed by atoms with Crippen LogP contribution in [0.5, 0.6) is 0 Å². The lowest BCUT2D eigenvalue weighted by Gasteiger charge is -2.26. The molecule has 1 saturated carbocycles. The molecule has 16 heavy (non-hydrogen) atoms. The highest BCUT2D eigenvalue weighted by Gasteiger charge is 2.23. The number of aromatic nitrogens is 1. The van der Waals surface area contributed by atoms with E-state index in [4.69, 9.17) is 4.98 Å². The molecule has 0 amide bonds. The van der Waals surface area contributed by atoms with Crippen molar-refractivity contribution in [2.75, 3.05) is 7.05 Å². The minimum absolute atomic E-state index is 0.568. The van der Waals surface area contributed by atoms with E-state index in [1.54, 1.807) is 0 Å². The maximum atomic E-state index is 4.78. The van der Waals surface area contributed by atoms with Crippen LogP contribution in [0.4, 0.5) is 0 Å². The van der Waals surface area contributed by atoms with E-state index >= 15 is 0 Å².